The van der Waals surface area contributed by atoms with E-state index in [0.29, 0.717) is 0 Å². The van der Waals surface area contributed by atoms with Crippen LogP contribution in [0.2, 0.25) is 0 Å². The lowest BCUT2D eigenvalue weighted by atomic mass is 9.98. The van der Waals surface area contributed by atoms with Gasteiger partial charge in [-0.25, -0.2) is 0 Å². The average molecular weight is 289 g/mol. The Morgan fingerprint density at radius 1 is 1.29 bits per heavy atom. The first kappa shape index (κ1) is 14.7. The Bertz CT molecular complexity index is 500. The van der Waals surface area contributed by atoms with Crippen LogP contribution in [0, 0.1) is 11.8 Å². The fourth-order valence-corrected chi connectivity index (χ4v) is 3.73. The first-order valence-electron chi connectivity index (χ1n) is 8.24. The molecule has 0 bridgehead atoms. The topological polar surface area (TPSA) is 30.5 Å². The molecule has 116 valence electrons. The van der Waals surface area contributed by atoms with Gasteiger partial charge >= 0.3 is 0 Å². The van der Waals surface area contributed by atoms with Crippen LogP contribution in [-0.2, 0) is 13.0 Å². The summed E-state index contributed by atoms with van der Waals surface area (Å²) in [5.41, 5.74) is 2.48. The Kier molecular flexibility index (Phi) is 4.39. The first-order valence-corrected chi connectivity index (χ1v) is 8.24. The van der Waals surface area contributed by atoms with Crippen molar-refractivity contribution in [3.05, 3.63) is 23.3 Å². The lowest BCUT2D eigenvalue weighted by molar-refractivity contribution is 0.254. The highest BCUT2D eigenvalue weighted by atomic mass is 16.5. The van der Waals surface area contributed by atoms with Crippen LogP contribution in [0.4, 0.5) is 0 Å². The number of fused-ring (bicyclic) bond motifs is 1. The summed E-state index contributed by atoms with van der Waals surface area (Å²) in [6.45, 7) is 6.46. The second kappa shape index (κ2) is 6.27. The molecule has 0 spiro atoms. The third-order valence-electron chi connectivity index (χ3n) is 5.06. The van der Waals surface area contributed by atoms with Crippen LogP contribution >= 0.6 is 0 Å². The van der Waals surface area contributed by atoms with Gasteiger partial charge in [0.05, 0.1) is 7.11 Å². The van der Waals surface area contributed by atoms with Crippen LogP contribution in [0.5, 0.6) is 11.5 Å². The van der Waals surface area contributed by atoms with Gasteiger partial charge in [-0.15, -0.1) is 0 Å². The molecule has 3 atom stereocenters. The monoisotopic (exact) mass is 289 g/mol. The summed E-state index contributed by atoms with van der Waals surface area (Å²) in [5, 5.41) is 3.62. The molecule has 3 nitrogen and oxygen atoms in total. The van der Waals surface area contributed by atoms with Crippen LogP contribution in [0.15, 0.2) is 12.1 Å². The summed E-state index contributed by atoms with van der Waals surface area (Å²) in [4.78, 5) is 0. The van der Waals surface area contributed by atoms with E-state index < -0.39 is 0 Å². The summed E-state index contributed by atoms with van der Waals surface area (Å²) in [7, 11) is 1.75. The largest absolute Gasteiger partial charge is 0.496 e. The predicted molar refractivity (Wildman–Crippen MR) is 85.0 cm³/mol. The normalized spacial score (nSPS) is 27.5. The van der Waals surface area contributed by atoms with E-state index in [1.54, 1.807) is 7.11 Å². The standard InChI is InChI=1S/C18H27NO2/c1-12-5-4-6-14(12)10-19-11-16-9-18-15(7-13(2)21-18)8-17(16)20-3/h8-9,12-14,19H,4-7,10-11H2,1-3H3. The maximum Gasteiger partial charge on any atom is 0.123 e. The van der Waals surface area contributed by atoms with Crippen molar-refractivity contribution in [2.75, 3.05) is 13.7 Å². The van der Waals surface area contributed by atoms with Crippen molar-refractivity contribution in [3.8, 4) is 11.5 Å². The molecule has 21 heavy (non-hydrogen) atoms. The minimum Gasteiger partial charge on any atom is -0.496 e. The fraction of sp³-hybridized carbons (Fsp3) is 0.667. The minimum atomic E-state index is 0.284. The number of methoxy groups -OCH3 is 1. The van der Waals surface area contributed by atoms with E-state index in [1.165, 1.54) is 30.4 Å². The van der Waals surface area contributed by atoms with E-state index in [0.717, 1.165) is 42.8 Å². The number of nitrogens with one attached hydrogen (secondary N) is 1. The Morgan fingerprint density at radius 3 is 2.86 bits per heavy atom. The molecule has 0 saturated heterocycles. The quantitative estimate of drug-likeness (QED) is 0.899. The van der Waals surface area contributed by atoms with Crippen molar-refractivity contribution in [1.29, 1.82) is 0 Å². The van der Waals surface area contributed by atoms with E-state index in [4.69, 9.17) is 9.47 Å². The smallest absolute Gasteiger partial charge is 0.123 e. The van der Waals surface area contributed by atoms with Gasteiger partial charge in [-0.05, 0) is 43.9 Å². The van der Waals surface area contributed by atoms with Gasteiger partial charge in [-0.2, -0.15) is 0 Å². The van der Waals surface area contributed by atoms with E-state index in [9.17, 15) is 0 Å². The van der Waals surface area contributed by atoms with Crippen LogP contribution < -0.4 is 14.8 Å². The molecule has 1 fully saturated rings. The van der Waals surface area contributed by atoms with Crippen molar-refractivity contribution >= 4 is 0 Å². The number of rotatable bonds is 5. The molecule has 3 rings (SSSR count). The second-order valence-electron chi connectivity index (χ2n) is 6.70. The Labute approximate surface area is 128 Å². The van der Waals surface area contributed by atoms with E-state index in [-0.39, 0.29) is 6.10 Å². The first-order chi connectivity index (χ1) is 10.2. The fourth-order valence-electron chi connectivity index (χ4n) is 3.73. The molecule has 1 aromatic rings. The summed E-state index contributed by atoms with van der Waals surface area (Å²) < 4.78 is 11.4. The maximum atomic E-state index is 5.86. The van der Waals surface area contributed by atoms with E-state index >= 15 is 0 Å². The Hall–Kier alpha value is -1.22. The van der Waals surface area contributed by atoms with Gasteiger partial charge < -0.3 is 14.8 Å². The van der Waals surface area contributed by atoms with Crippen molar-refractivity contribution in [1.82, 2.24) is 5.32 Å². The van der Waals surface area contributed by atoms with Gasteiger partial charge in [0, 0.05) is 24.1 Å². The van der Waals surface area contributed by atoms with Gasteiger partial charge in [0.25, 0.3) is 0 Å². The molecule has 3 unspecified atom stereocenters. The zero-order chi connectivity index (χ0) is 14.8. The second-order valence-corrected chi connectivity index (χ2v) is 6.70. The Morgan fingerprint density at radius 2 is 2.14 bits per heavy atom. The third kappa shape index (κ3) is 3.18. The molecule has 1 heterocycles. The molecule has 1 aliphatic carbocycles. The van der Waals surface area contributed by atoms with Gasteiger partial charge in [0.15, 0.2) is 0 Å². The molecule has 0 aromatic heterocycles. The molecule has 2 aliphatic rings. The lowest BCUT2D eigenvalue weighted by Gasteiger charge is -2.17. The van der Waals surface area contributed by atoms with Crippen molar-refractivity contribution in [2.45, 2.75) is 52.2 Å². The number of ether oxygens (including phenoxy) is 2. The van der Waals surface area contributed by atoms with Crippen LogP contribution in [0.25, 0.3) is 0 Å². The zero-order valence-corrected chi connectivity index (χ0v) is 13.4. The van der Waals surface area contributed by atoms with Gasteiger partial charge in [-0.3, -0.25) is 0 Å². The zero-order valence-electron chi connectivity index (χ0n) is 13.4. The van der Waals surface area contributed by atoms with Crippen LogP contribution in [0.1, 0.15) is 44.2 Å². The maximum absolute atomic E-state index is 5.86. The van der Waals surface area contributed by atoms with Gasteiger partial charge in [0.1, 0.15) is 17.6 Å². The Balaban J connectivity index is 1.63. The number of benzene rings is 1. The van der Waals surface area contributed by atoms with E-state index in [2.05, 4.69) is 31.3 Å². The molecule has 0 amide bonds. The molecule has 1 aliphatic heterocycles. The molecule has 1 N–H and O–H groups in total. The highest BCUT2D eigenvalue weighted by Crippen LogP contribution is 2.35. The molecule has 0 radical (unpaired) electrons. The van der Waals surface area contributed by atoms with Crippen LogP contribution in [0.3, 0.4) is 0 Å². The van der Waals surface area contributed by atoms with Gasteiger partial charge in [-0.1, -0.05) is 19.8 Å². The summed E-state index contributed by atoms with van der Waals surface area (Å²) >= 11 is 0. The molecule has 1 saturated carbocycles. The molecular weight excluding hydrogens is 262 g/mol. The lowest BCUT2D eigenvalue weighted by Crippen LogP contribution is -2.24. The number of hydrogen-bond acceptors (Lipinski definition) is 3. The third-order valence-corrected chi connectivity index (χ3v) is 5.06. The number of hydrogen-bond donors (Lipinski definition) is 1. The summed E-state index contributed by atoms with van der Waals surface area (Å²) in [5.74, 6) is 3.72. The summed E-state index contributed by atoms with van der Waals surface area (Å²) in [6.07, 6.45) is 5.42. The molecule has 1 aromatic carbocycles. The predicted octanol–water partition coefficient (Wildman–Crippen LogP) is 3.54. The highest BCUT2D eigenvalue weighted by Gasteiger charge is 2.24. The average Bonchev–Trinajstić information content (AvgIpc) is 3.02. The molecule has 3 heteroatoms. The van der Waals surface area contributed by atoms with Crippen molar-refractivity contribution in [2.24, 2.45) is 11.8 Å². The van der Waals surface area contributed by atoms with Crippen LogP contribution in [-0.4, -0.2) is 19.8 Å². The SMILES string of the molecule is COc1cc2c(cc1CNCC1CCCC1C)OC(C)C2. The minimum absolute atomic E-state index is 0.284. The van der Waals surface area contributed by atoms with Crippen molar-refractivity contribution in [3.63, 3.8) is 0 Å². The van der Waals surface area contributed by atoms with Gasteiger partial charge in [0.2, 0.25) is 0 Å². The van der Waals surface area contributed by atoms with E-state index in [1.807, 2.05) is 0 Å². The molecular formula is C18H27NO2. The highest BCUT2D eigenvalue weighted by molar-refractivity contribution is 5.48. The summed E-state index contributed by atoms with van der Waals surface area (Å²) in [6, 6.07) is 4.30. The van der Waals surface area contributed by atoms with Crippen molar-refractivity contribution < 1.29 is 9.47 Å².